The van der Waals surface area contributed by atoms with Gasteiger partial charge in [0.25, 0.3) is 0 Å². The first kappa shape index (κ1) is 12.6. The van der Waals surface area contributed by atoms with Crippen molar-refractivity contribution in [2.45, 2.75) is 25.6 Å². The average Bonchev–Trinajstić information content (AvgIpc) is 2.41. The van der Waals surface area contributed by atoms with E-state index in [1.807, 2.05) is 18.2 Å². The summed E-state index contributed by atoms with van der Waals surface area (Å²) in [5.41, 5.74) is 6.79. The zero-order chi connectivity index (χ0) is 11.9. The second-order valence-electron chi connectivity index (χ2n) is 4.64. The standard InChI is InChI=1S/C14H21NO2/c15-8-14-7-6-13(11-17-14)10-16-9-12-4-2-1-3-5-12/h1-5,13-14H,6-11,15H2/t13-,14+/m1/s1. The van der Waals surface area contributed by atoms with Gasteiger partial charge in [-0.1, -0.05) is 30.3 Å². The molecule has 1 heterocycles. The summed E-state index contributed by atoms with van der Waals surface area (Å²) in [6, 6.07) is 10.3. The van der Waals surface area contributed by atoms with Crippen LogP contribution < -0.4 is 5.73 Å². The van der Waals surface area contributed by atoms with Gasteiger partial charge in [0.2, 0.25) is 0 Å². The van der Waals surface area contributed by atoms with Crippen molar-refractivity contribution in [3.05, 3.63) is 35.9 Å². The molecule has 0 aliphatic carbocycles. The van der Waals surface area contributed by atoms with Crippen LogP contribution in [0.1, 0.15) is 18.4 Å². The molecule has 3 nitrogen and oxygen atoms in total. The normalized spacial score (nSPS) is 24.8. The molecule has 2 N–H and O–H groups in total. The maximum Gasteiger partial charge on any atom is 0.0717 e. The summed E-state index contributed by atoms with van der Waals surface area (Å²) in [4.78, 5) is 0. The maximum absolute atomic E-state index is 5.72. The van der Waals surface area contributed by atoms with Crippen molar-refractivity contribution in [3.63, 3.8) is 0 Å². The zero-order valence-corrected chi connectivity index (χ0v) is 10.2. The van der Waals surface area contributed by atoms with Gasteiger partial charge in [-0.25, -0.2) is 0 Å². The van der Waals surface area contributed by atoms with E-state index in [9.17, 15) is 0 Å². The Morgan fingerprint density at radius 2 is 2.06 bits per heavy atom. The van der Waals surface area contributed by atoms with Crippen molar-refractivity contribution >= 4 is 0 Å². The number of benzene rings is 1. The van der Waals surface area contributed by atoms with Gasteiger partial charge in [-0.3, -0.25) is 0 Å². The minimum atomic E-state index is 0.264. The Morgan fingerprint density at radius 1 is 1.24 bits per heavy atom. The molecular formula is C14H21NO2. The number of rotatable bonds is 5. The van der Waals surface area contributed by atoms with Gasteiger partial charge in [-0.05, 0) is 18.4 Å². The molecule has 17 heavy (non-hydrogen) atoms. The van der Waals surface area contributed by atoms with E-state index < -0.39 is 0 Å². The Labute approximate surface area is 103 Å². The SMILES string of the molecule is NC[C@@H]1CC[C@H](COCc2ccccc2)CO1. The van der Waals surface area contributed by atoms with E-state index in [-0.39, 0.29) is 6.10 Å². The van der Waals surface area contributed by atoms with Crippen LogP contribution in [0.4, 0.5) is 0 Å². The average molecular weight is 235 g/mol. The second-order valence-corrected chi connectivity index (χ2v) is 4.64. The van der Waals surface area contributed by atoms with Crippen molar-refractivity contribution in [3.8, 4) is 0 Å². The van der Waals surface area contributed by atoms with Gasteiger partial charge in [0.15, 0.2) is 0 Å². The van der Waals surface area contributed by atoms with Crippen LogP contribution in [0, 0.1) is 5.92 Å². The molecule has 2 atom stereocenters. The van der Waals surface area contributed by atoms with Crippen LogP contribution in [0.2, 0.25) is 0 Å². The van der Waals surface area contributed by atoms with Gasteiger partial charge in [-0.15, -0.1) is 0 Å². The summed E-state index contributed by atoms with van der Waals surface area (Å²) in [5, 5.41) is 0. The van der Waals surface area contributed by atoms with Crippen LogP contribution in [-0.4, -0.2) is 25.9 Å². The van der Waals surface area contributed by atoms with Crippen molar-refractivity contribution in [2.75, 3.05) is 19.8 Å². The highest BCUT2D eigenvalue weighted by molar-refractivity contribution is 5.13. The summed E-state index contributed by atoms with van der Waals surface area (Å²) < 4.78 is 11.4. The Balaban J connectivity index is 1.63. The monoisotopic (exact) mass is 235 g/mol. The molecular weight excluding hydrogens is 214 g/mol. The second kappa shape index (κ2) is 6.74. The predicted octanol–water partition coefficient (Wildman–Crippen LogP) is 1.96. The molecule has 0 saturated carbocycles. The van der Waals surface area contributed by atoms with Crippen LogP contribution in [0.15, 0.2) is 30.3 Å². The van der Waals surface area contributed by atoms with E-state index >= 15 is 0 Å². The van der Waals surface area contributed by atoms with E-state index in [0.717, 1.165) is 26.1 Å². The molecule has 0 spiro atoms. The fraction of sp³-hybridized carbons (Fsp3) is 0.571. The number of ether oxygens (including phenoxy) is 2. The molecule has 0 unspecified atom stereocenters. The van der Waals surface area contributed by atoms with Crippen molar-refractivity contribution in [2.24, 2.45) is 11.7 Å². The largest absolute Gasteiger partial charge is 0.377 e. The first-order valence-electron chi connectivity index (χ1n) is 6.32. The minimum Gasteiger partial charge on any atom is -0.377 e. The molecule has 1 aliphatic rings. The molecule has 2 rings (SSSR count). The highest BCUT2D eigenvalue weighted by atomic mass is 16.5. The van der Waals surface area contributed by atoms with Crippen LogP contribution >= 0.6 is 0 Å². The van der Waals surface area contributed by atoms with Gasteiger partial charge in [-0.2, -0.15) is 0 Å². The first-order chi connectivity index (χ1) is 8.38. The quantitative estimate of drug-likeness (QED) is 0.848. The lowest BCUT2D eigenvalue weighted by Crippen LogP contribution is -2.33. The van der Waals surface area contributed by atoms with E-state index in [1.165, 1.54) is 5.56 Å². The third-order valence-corrected chi connectivity index (χ3v) is 3.19. The molecule has 1 aliphatic heterocycles. The van der Waals surface area contributed by atoms with Gasteiger partial charge in [0, 0.05) is 12.5 Å². The highest BCUT2D eigenvalue weighted by Crippen LogP contribution is 2.18. The minimum absolute atomic E-state index is 0.264. The molecule has 94 valence electrons. The predicted molar refractivity (Wildman–Crippen MR) is 67.6 cm³/mol. The topological polar surface area (TPSA) is 44.5 Å². The van der Waals surface area contributed by atoms with E-state index in [1.54, 1.807) is 0 Å². The number of hydrogen-bond donors (Lipinski definition) is 1. The van der Waals surface area contributed by atoms with Crippen LogP contribution in [-0.2, 0) is 16.1 Å². The molecule has 3 heteroatoms. The Hall–Kier alpha value is -0.900. The van der Waals surface area contributed by atoms with Crippen molar-refractivity contribution in [1.29, 1.82) is 0 Å². The summed E-state index contributed by atoms with van der Waals surface area (Å²) in [6.45, 7) is 2.90. The third kappa shape index (κ3) is 4.11. The van der Waals surface area contributed by atoms with E-state index in [2.05, 4.69) is 12.1 Å². The lowest BCUT2D eigenvalue weighted by atomic mass is 9.99. The summed E-state index contributed by atoms with van der Waals surface area (Å²) >= 11 is 0. The van der Waals surface area contributed by atoms with Gasteiger partial charge >= 0.3 is 0 Å². The fourth-order valence-electron chi connectivity index (χ4n) is 2.10. The summed E-state index contributed by atoms with van der Waals surface area (Å²) in [7, 11) is 0. The molecule has 0 radical (unpaired) electrons. The van der Waals surface area contributed by atoms with Crippen LogP contribution in [0.3, 0.4) is 0 Å². The Bertz CT molecular complexity index is 307. The van der Waals surface area contributed by atoms with Crippen molar-refractivity contribution < 1.29 is 9.47 Å². The Morgan fingerprint density at radius 3 is 2.71 bits per heavy atom. The smallest absolute Gasteiger partial charge is 0.0717 e. The molecule has 1 fully saturated rings. The maximum atomic E-state index is 5.72. The molecule has 0 aromatic heterocycles. The highest BCUT2D eigenvalue weighted by Gasteiger charge is 2.20. The number of hydrogen-bond acceptors (Lipinski definition) is 3. The number of nitrogens with two attached hydrogens (primary N) is 1. The lowest BCUT2D eigenvalue weighted by molar-refractivity contribution is -0.0403. The van der Waals surface area contributed by atoms with Gasteiger partial charge in [0.05, 0.1) is 25.9 Å². The van der Waals surface area contributed by atoms with Crippen molar-refractivity contribution in [1.82, 2.24) is 0 Å². The van der Waals surface area contributed by atoms with Crippen LogP contribution in [0.25, 0.3) is 0 Å². The first-order valence-corrected chi connectivity index (χ1v) is 6.32. The zero-order valence-electron chi connectivity index (χ0n) is 10.2. The van der Waals surface area contributed by atoms with Crippen LogP contribution in [0.5, 0.6) is 0 Å². The van der Waals surface area contributed by atoms with E-state index in [4.69, 9.17) is 15.2 Å². The van der Waals surface area contributed by atoms with E-state index in [0.29, 0.717) is 19.1 Å². The third-order valence-electron chi connectivity index (χ3n) is 3.19. The summed E-state index contributed by atoms with van der Waals surface area (Å²) in [6.07, 6.45) is 2.49. The molecule has 1 aromatic rings. The summed E-state index contributed by atoms with van der Waals surface area (Å²) in [5.74, 6) is 0.529. The van der Waals surface area contributed by atoms with Gasteiger partial charge in [0.1, 0.15) is 0 Å². The molecule has 0 bridgehead atoms. The molecule has 1 saturated heterocycles. The fourth-order valence-corrected chi connectivity index (χ4v) is 2.10. The van der Waals surface area contributed by atoms with Gasteiger partial charge < -0.3 is 15.2 Å². The molecule has 1 aromatic carbocycles. The Kier molecular flexibility index (Phi) is 4.98. The lowest BCUT2D eigenvalue weighted by Gasteiger charge is -2.28. The molecule has 0 amide bonds.